The van der Waals surface area contributed by atoms with Crippen molar-refractivity contribution in [3.8, 4) is 11.5 Å². The summed E-state index contributed by atoms with van der Waals surface area (Å²) >= 11 is 3.26. The molecule has 4 nitrogen and oxygen atoms in total. The molecule has 0 saturated heterocycles. The highest BCUT2D eigenvalue weighted by atomic mass is 79.9. The predicted octanol–water partition coefficient (Wildman–Crippen LogP) is 4.74. The first kappa shape index (κ1) is 14.4. The maximum Gasteiger partial charge on any atom is 0.347 e. The number of halogens is 3. The molecule has 0 aromatic heterocycles. The van der Waals surface area contributed by atoms with Crippen LogP contribution in [0, 0.1) is 28.7 Å². The quantitative estimate of drug-likeness (QED) is 0.597. The van der Waals surface area contributed by atoms with Crippen molar-refractivity contribution in [3.05, 3.63) is 62.1 Å². The van der Waals surface area contributed by atoms with Gasteiger partial charge in [0.1, 0.15) is 11.6 Å². The van der Waals surface area contributed by atoms with E-state index < -0.39 is 28.0 Å². The molecule has 0 spiro atoms. The number of ether oxygens (including phenoxy) is 1. The third kappa shape index (κ3) is 2.93. The molecule has 0 N–H and O–H groups in total. The molecule has 2 aromatic carbocycles. The van der Waals surface area contributed by atoms with Gasteiger partial charge in [0, 0.05) is 16.6 Å². The summed E-state index contributed by atoms with van der Waals surface area (Å²) in [6.45, 7) is 1.71. The van der Waals surface area contributed by atoms with Gasteiger partial charge in [-0.15, -0.1) is 0 Å². The van der Waals surface area contributed by atoms with Crippen LogP contribution in [0.15, 0.2) is 34.8 Å². The first-order valence-electron chi connectivity index (χ1n) is 5.46. The summed E-state index contributed by atoms with van der Waals surface area (Å²) < 4.78 is 32.7. The van der Waals surface area contributed by atoms with Crippen LogP contribution in [0.5, 0.6) is 11.5 Å². The van der Waals surface area contributed by atoms with Crippen molar-refractivity contribution in [1.82, 2.24) is 0 Å². The molecule has 0 fully saturated rings. The largest absolute Gasteiger partial charge is 0.450 e. The Hall–Kier alpha value is -2.02. The third-order valence-corrected chi connectivity index (χ3v) is 3.03. The summed E-state index contributed by atoms with van der Waals surface area (Å²) in [5.41, 5.74) is -0.230. The first-order chi connectivity index (χ1) is 9.38. The minimum Gasteiger partial charge on any atom is -0.450 e. The summed E-state index contributed by atoms with van der Waals surface area (Å²) in [5.74, 6) is -2.42. The summed E-state index contributed by atoms with van der Waals surface area (Å²) in [7, 11) is 0. The molecule has 2 rings (SSSR count). The first-order valence-corrected chi connectivity index (χ1v) is 6.25. The number of aryl methyl sites for hydroxylation is 1. The Morgan fingerprint density at radius 3 is 2.50 bits per heavy atom. The molecule has 2 aromatic rings. The molecular weight excluding hydrogens is 336 g/mol. The summed E-state index contributed by atoms with van der Waals surface area (Å²) in [6, 6.07) is 6.15. The standard InChI is InChI=1S/C13H8BrF2NO3/c1-7-4-8(14)2-3-11(7)20-12-6-9(15)5-10(16)13(12)17(18)19/h2-6H,1H3. The van der Waals surface area contributed by atoms with E-state index in [1.165, 1.54) is 0 Å². The summed E-state index contributed by atoms with van der Waals surface area (Å²) in [4.78, 5) is 9.89. The molecule has 0 saturated carbocycles. The Morgan fingerprint density at radius 2 is 1.90 bits per heavy atom. The minimum absolute atomic E-state index is 0.279. The van der Waals surface area contributed by atoms with Crippen LogP contribution in [0.3, 0.4) is 0 Å². The van der Waals surface area contributed by atoms with Gasteiger partial charge in [0.2, 0.25) is 11.6 Å². The van der Waals surface area contributed by atoms with Gasteiger partial charge < -0.3 is 4.74 Å². The van der Waals surface area contributed by atoms with E-state index in [4.69, 9.17) is 4.74 Å². The molecule has 20 heavy (non-hydrogen) atoms. The molecule has 0 amide bonds. The van der Waals surface area contributed by atoms with E-state index >= 15 is 0 Å². The van der Waals surface area contributed by atoms with Crippen LogP contribution in [0.4, 0.5) is 14.5 Å². The molecule has 0 aliphatic rings. The molecule has 104 valence electrons. The molecule has 0 unspecified atom stereocenters. The second kappa shape index (κ2) is 5.54. The zero-order valence-corrected chi connectivity index (χ0v) is 11.8. The van der Waals surface area contributed by atoms with Gasteiger partial charge >= 0.3 is 5.69 Å². The van der Waals surface area contributed by atoms with E-state index in [0.717, 1.165) is 10.5 Å². The maximum atomic E-state index is 13.5. The van der Waals surface area contributed by atoms with Crippen molar-refractivity contribution in [2.24, 2.45) is 0 Å². The number of hydrogen-bond donors (Lipinski definition) is 0. The Balaban J connectivity index is 2.50. The van der Waals surface area contributed by atoms with Gasteiger partial charge in [-0.2, -0.15) is 4.39 Å². The van der Waals surface area contributed by atoms with Gasteiger partial charge in [-0.3, -0.25) is 10.1 Å². The van der Waals surface area contributed by atoms with Gasteiger partial charge in [0.05, 0.1) is 4.92 Å². The van der Waals surface area contributed by atoms with Crippen molar-refractivity contribution in [2.45, 2.75) is 6.92 Å². The Morgan fingerprint density at radius 1 is 1.20 bits per heavy atom. The fourth-order valence-electron chi connectivity index (χ4n) is 1.64. The van der Waals surface area contributed by atoms with E-state index in [-0.39, 0.29) is 5.75 Å². The smallest absolute Gasteiger partial charge is 0.347 e. The fourth-order valence-corrected chi connectivity index (χ4v) is 2.12. The lowest BCUT2D eigenvalue weighted by molar-refractivity contribution is -0.388. The van der Waals surface area contributed by atoms with E-state index in [1.807, 2.05) is 0 Å². The van der Waals surface area contributed by atoms with Crippen molar-refractivity contribution < 1.29 is 18.4 Å². The van der Waals surface area contributed by atoms with Crippen LogP contribution >= 0.6 is 15.9 Å². The summed E-state index contributed by atoms with van der Waals surface area (Å²) in [5, 5.41) is 10.8. The molecule has 0 bridgehead atoms. The fraction of sp³-hybridized carbons (Fsp3) is 0.0769. The van der Waals surface area contributed by atoms with Gasteiger partial charge in [0.25, 0.3) is 0 Å². The van der Waals surface area contributed by atoms with Crippen LogP contribution < -0.4 is 4.74 Å². The average molecular weight is 344 g/mol. The number of nitro benzene ring substituents is 1. The lowest BCUT2D eigenvalue weighted by Gasteiger charge is -2.09. The van der Waals surface area contributed by atoms with Crippen LogP contribution in [0.25, 0.3) is 0 Å². The zero-order valence-electron chi connectivity index (χ0n) is 10.2. The molecule has 0 radical (unpaired) electrons. The predicted molar refractivity (Wildman–Crippen MR) is 72.0 cm³/mol. The molecule has 0 aliphatic carbocycles. The summed E-state index contributed by atoms with van der Waals surface area (Å²) in [6.07, 6.45) is 0. The van der Waals surface area contributed by atoms with E-state index in [1.54, 1.807) is 25.1 Å². The van der Waals surface area contributed by atoms with Crippen molar-refractivity contribution in [1.29, 1.82) is 0 Å². The molecular formula is C13H8BrF2NO3. The van der Waals surface area contributed by atoms with Gasteiger partial charge in [-0.1, -0.05) is 15.9 Å². The molecule has 0 heterocycles. The Kier molecular flexibility index (Phi) is 3.99. The van der Waals surface area contributed by atoms with Crippen molar-refractivity contribution in [2.75, 3.05) is 0 Å². The number of benzene rings is 2. The van der Waals surface area contributed by atoms with E-state index in [0.29, 0.717) is 11.6 Å². The van der Waals surface area contributed by atoms with Crippen LogP contribution in [0.1, 0.15) is 5.56 Å². The van der Waals surface area contributed by atoms with E-state index in [2.05, 4.69) is 15.9 Å². The van der Waals surface area contributed by atoms with E-state index in [9.17, 15) is 18.9 Å². The maximum absolute atomic E-state index is 13.5. The second-order valence-corrected chi connectivity index (χ2v) is 4.92. The molecule has 0 aliphatic heterocycles. The SMILES string of the molecule is Cc1cc(Br)ccc1Oc1cc(F)cc(F)c1[N+](=O)[O-]. The minimum atomic E-state index is -1.28. The Bertz CT molecular complexity index is 692. The van der Waals surface area contributed by atoms with Crippen LogP contribution in [0.2, 0.25) is 0 Å². The Labute approximate surface area is 121 Å². The lowest BCUT2D eigenvalue weighted by Crippen LogP contribution is -1.98. The lowest BCUT2D eigenvalue weighted by atomic mass is 10.2. The van der Waals surface area contributed by atoms with Crippen LogP contribution in [-0.2, 0) is 0 Å². The highest BCUT2D eigenvalue weighted by Crippen LogP contribution is 2.36. The number of rotatable bonds is 3. The van der Waals surface area contributed by atoms with Crippen molar-refractivity contribution >= 4 is 21.6 Å². The van der Waals surface area contributed by atoms with Crippen molar-refractivity contribution in [3.63, 3.8) is 0 Å². The monoisotopic (exact) mass is 343 g/mol. The highest BCUT2D eigenvalue weighted by Gasteiger charge is 2.24. The highest BCUT2D eigenvalue weighted by molar-refractivity contribution is 9.10. The van der Waals surface area contributed by atoms with Gasteiger partial charge in [0.15, 0.2) is 0 Å². The van der Waals surface area contributed by atoms with Crippen LogP contribution in [-0.4, -0.2) is 4.92 Å². The van der Waals surface area contributed by atoms with Gasteiger partial charge in [-0.05, 0) is 30.7 Å². The molecule has 0 atom stereocenters. The molecule has 7 heteroatoms. The normalized spacial score (nSPS) is 10.4. The zero-order chi connectivity index (χ0) is 14.9. The number of nitrogens with zero attached hydrogens (tertiary/aromatic N) is 1. The topological polar surface area (TPSA) is 52.4 Å². The average Bonchev–Trinajstić information content (AvgIpc) is 2.31. The third-order valence-electron chi connectivity index (χ3n) is 2.53. The number of hydrogen-bond acceptors (Lipinski definition) is 3. The second-order valence-electron chi connectivity index (χ2n) is 4.00. The number of nitro groups is 1. The van der Waals surface area contributed by atoms with Gasteiger partial charge in [-0.25, -0.2) is 4.39 Å².